The zero-order valence-corrected chi connectivity index (χ0v) is 9.51. The van der Waals surface area contributed by atoms with Crippen LogP contribution in [0.2, 0.25) is 0 Å². The lowest BCUT2D eigenvalue weighted by atomic mass is 9.70. The molecule has 1 saturated heterocycles. The molecule has 2 nitrogen and oxygen atoms in total. The molecule has 1 saturated carbocycles. The monoisotopic (exact) mass is 214 g/mol. The average molecular weight is 214 g/mol. The van der Waals surface area contributed by atoms with Crippen LogP contribution < -0.4 is 0 Å². The minimum Gasteiger partial charge on any atom is -0.375 e. The van der Waals surface area contributed by atoms with Crippen LogP contribution in [0.4, 0.5) is 4.39 Å². The highest BCUT2D eigenvalue weighted by Crippen LogP contribution is 2.45. The first-order valence-corrected chi connectivity index (χ1v) is 5.80. The minimum atomic E-state index is -1.69. The highest BCUT2D eigenvalue weighted by Gasteiger charge is 2.46. The van der Waals surface area contributed by atoms with Gasteiger partial charge in [0.1, 0.15) is 0 Å². The fourth-order valence-corrected chi connectivity index (χ4v) is 2.66. The topological polar surface area (TPSA) is 26.3 Å². The van der Waals surface area contributed by atoms with Gasteiger partial charge in [-0.15, -0.1) is 0 Å². The van der Waals surface area contributed by atoms with Crippen molar-refractivity contribution in [2.45, 2.75) is 57.2 Å². The Morgan fingerprint density at radius 2 is 2.13 bits per heavy atom. The lowest BCUT2D eigenvalue weighted by Crippen LogP contribution is -2.49. The van der Waals surface area contributed by atoms with E-state index in [9.17, 15) is 9.18 Å². The molecule has 0 aromatic rings. The van der Waals surface area contributed by atoms with Crippen molar-refractivity contribution in [3.8, 4) is 0 Å². The van der Waals surface area contributed by atoms with Gasteiger partial charge in [0, 0.05) is 12.5 Å². The summed E-state index contributed by atoms with van der Waals surface area (Å²) in [5.41, 5.74) is -1.75. The molecule has 1 aliphatic heterocycles. The van der Waals surface area contributed by atoms with E-state index >= 15 is 0 Å². The van der Waals surface area contributed by atoms with Crippen molar-refractivity contribution in [3.05, 3.63) is 0 Å². The van der Waals surface area contributed by atoms with Gasteiger partial charge in [-0.1, -0.05) is 0 Å². The zero-order chi connectivity index (χ0) is 11.1. The van der Waals surface area contributed by atoms with Crippen LogP contribution in [0.5, 0.6) is 0 Å². The Balaban J connectivity index is 2.01. The number of halogens is 1. The molecule has 0 aromatic carbocycles. The molecule has 0 N–H and O–H groups in total. The van der Waals surface area contributed by atoms with E-state index in [0.717, 1.165) is 19.3 Å². The molecule has 2 rings (SSSR count). The molecule has 1 aliphatic carbocycles. The summed E-state index contributed by atoms with van der Waals surface area (Å²) in [5.74, 6) is -0.365. The van der Waals surface area contributed by atoms with Gasteiger partial charge in [-0.05, 0) is 46.0 Å². The van der Waals surface area contributed by atoms with Crippen LogP contribution in [0.3, 0.4) is 0 Å². The Labute approximate surface area is 90.2 Å². The second kappa shape index (κ2) is 3.55. The van der Waals surface area contributed by atoms with Gasteiger partial charge >= 0.3 is 0 Å². The molecule has 2 aliphatic rings. The second-order valence-corrected chi connectivity index (χ2v) is 5.41. The number of hydrogen-bond donors (Lipinski definition) is 0. The molecule has 1 atom stereocenters. The summed E-state index contributed by atoms with van der Waals surface area (Å²) >= 11 is 0. The first kappa shape index (κ1) is 11.1. The molecule has 3 heteroatoms. The molecule has 1 heterocycles. The first-order chi connectivity index (χ1) is 6.93. The van der Waals surface area contributed by atoms with E-state index in [1.165, 1.54) is 20.3 Å². The number of carbonyl (C=O) groups excluding carboxylic acids is 1. The lowest BCUT2D eigenvalue weighted by molar-refractivity contribution is -0.161. The largest absolute Gasteiger partial charge is 0.375 e. The predicted octanol–water partition coefficient (Wildman–Crippen LogP) is 2.65. The molecule has 2 fully saturated rings. The van der Waals surface area contributed by atoms with Crippen LogP contribution in [0, 0.1) is 5.92 Å². The quantitative estimate of drug-likeness (QED) is 0.706. The highest BCUT2D eigenvalue weighted by atomic mass is 19.1. The Morgan fingerprint density at radius 1 is 1.47 bits per heavy atom. The third-order valence-corrected chi connectivity index (χ3v) is 3.71. The van der Waals surface area contributed by atoms with Gasteiger partial charge in [-0.3, -0.25) is 4.79 Å². The normalized spacial score (nSPS) is 29.9. The maximum absolute atomic E-state index is 13.6. The van der Waals surface area contributed by atoms with Gasteiger partial charge in [-0.25, -0.2) is 4.39 Å². The molecule has 0 amide bonds. The Bertz CT molecular complexity index is 263. The lowest BCUT2D eigenvalue weighted by Gasteiger charge is -2.47. The van der Waals surface area contributed by atoms with Crippen molar-refractivity contribution in [2.24, 2.45) is 5.92 Å². The number of hydrogen-bond acceptors (Lipinski definition) is 2. The molecule has 0 aromatic heterocycles. The summed E-state index contributed by atoms with van der Waals surface area (Å²) < 4.78 is 19.3. The smallest absolute Gasteiger partial charge is 0.172 e. The van der Waals surface area contributed by atoms with Gasteiger partial charge in [0.15, 0.2) is 11.5 Å². The number of Topliss-reactive ketones (excluding diaryl/α,β-unsaturated/α-hetero) is 1. The summed E-state index contributed by atoms with van der Waals surface area (Å²) in [4.78, 5) is 11.8. The first-order valence-electron chi connectivity index (χ1n) is 5.80. The van der Waals surface area contributed by atoms with Crippen LogP contribution in [-0.2, 0) is 9.53 Å². The molecular formula is C12H19FO2. The third-order valence-electron chi connectivity index (χ3n) is 3.71. The number of alkyl halides is 1. The molecule has 1 spiro atoms. The van der Waals surface area contributed by atoms with E-state index in [4.69, 9.17) is 4.74 Å². The Morgan fingerprint density at radius 3 is 2.60 bits per heavy atom. The molecule has 86 valence electrons. The minimum absolute atomic E-state index is 0.0656. The molecule has 0 radical (unpaired) electrons. The van der Waals surface area contributed by atoms with E-state index < -0.39 is 5.67 Å². The van der Waals surface area contributed by atoms with Crippen LogP contribution in [0.15, 0.2) is 0 Å². The van der Waals surface area contributed by atoms with E-state index in [1.54, 1.807) is 0 Å². The predicted molar refractivity (Wildman–Crippen MR) is 55.5 cm³/mol. The van der Waals surface area contributed by atoms with Gasteiger partial charge in [0.05, 0.1) is 5.60 Å². The Kier molecular flexibility index (Phi) is 2.61. The fraction of sp³-hybridized carbons (Fsp3) is 0.917. The van der Waals surface area contributed by atoms with Gasteiger partial charge in [-0.2, -0.15) is 0 Å². The summed E-state index contributed by atoms with van der Waals surface area (Å²) in [5, 5.41) is 0. The van der Waals surface area contributed by atoms with E-state index in [2.05, 4.69) is 0 Å². The average Bonchev–Trinajstić information content (AvgIpc) is 2.13. The molecule has 0 bridgehead atoms. The van der Waals surface area contributed by atoms with Crippen LogP contribution in [0.25, 0.3) is 0 Å². The maximum Gasteiger partial charge on any atom is 0.172 e. The van der Waals surface area contributed by atoms with Crippen molar-refractivity contribution in [1.82, 2.24) is 0 Å². The number of rotatable bonds is 2. The van der Waals surface area contributed by atoms with Crippen molar-refractivity contribution in [2.75, 3.05) is 6.61 Å². The van der Waals surface area contributed by atoms with Gasteiger partial charge < -0.3 is 4.74 Å². The van der Waals surface area contributed by atoms with Gasteiger partial charge in [0.25, 0.3) is 0 Å². The van der Waals surface area contributed by atoms with Crippen LogP contribution >= 0.6 is 0 Å². The van der Waals surface area contributed by atoms with E-state index in [-0.39, 0.29) is 17.3 Å². The fourth-order valence-electron chi connectivity index (χ4n) is 2.66. The SMILES string of the molecule is CC(C)(F)C(=O)C1CCOC2(CCC2)C1. The van der Waals surface area contributed by atoms with Crippen molar-refractivity contribution >= 4 is 5.78 Å². The van der Waals surface area contributed by atoms with E-state index in [0.29, 0.717) is 13.0 Å². The summed E-state index contributed by atoms with van der Waals surface area (Å²) in [7, 11) is 0. The van der Waals surface area contributed by atoms with Crippen LogP contribution in [0.1, 0.15) is 46.0 Å². The summed E-state index contributed by atoms with van der Waals surface area (Å²) in [6.07, 6.45) is 4.69. The molecular weight excluding hydrogens is 195 g/mol. The number of carbonyl (C=O) groups is 1. The van der Waals surface area contributed by atoms with E-state index in [1.807, 2.05) is 0 Å². The number of ketones is 1. The highest BCUT2D eigenvalue weighted by molar-refractivity contribution is 5.88. The zero-order valence-electron chi connectivity index (χ0n) is 9.51. The third kappa shape index (κ3) is 2.07. The Hall–Kier alpha value is -0.440. The van der Waals surface area contributed by atoms with Crippen molar-refractivity contribution < 1.29 is 13.9 Å². The molecule has 1 unspecified atom stereocenters. The standard InChI is InChI=1S/C12H19FO2/c1-11(2,13)10(14)9-4-7-15-12(8-9)5-3-6-12/h9H,3-8H2,1-2H3. The summed E-state index contributed by atoms with van der Waals surface area (Å²) in [6, 6.07) is 0. The van der Waals surface area contributed by atoms with Crippen molar-refractivity contribution in [3.63, 3.8) is 0 Å². The maximum atomic E-state index is 13.6. The summed E-state index contributed by atoms with van der Waals surface area (Å²) in [6.45, 7) is 3.34. The van der Waals surface area contributed by atoms with Crippen LogP contribution in [-0.4, -0.2) is 23.7 Å². The van der Waals surface area contributed by atoms with Gasteiger partial charge in [0.2, 0.25) is 0 Å². The number of ether oxygens (including phenoxy) is 1. The van der Waals surface area contributed by atoms with Crippen molar-refractivity contribution in [1.29, 1.82) is 0 Å². The second-order valence-electron chi connectivity index (χ2n) is 5.41. The molecule has 15 heavy (non-hydrogen) atoms.